The predicted molar refractivity (Wildman–Crippen MR) is 46.1 cm³/mol. The monoisotopic (exact) mass is 165 g/mol. The number of rotatable bonds is 1. The van der Waals surface area contributed by atoms with E-state index in [2.05, 4.69) is 0 Å². The van der Waals surface area contributed by atoms with Gasteiger partial charge in [-0.1, -0.05) is 0 Å². The molecule has 0 spiro atoms. The van der Waals surface area contributed by atoms with Crippen molar-refractivity contribution in [2.24, 2.45) is 5.73 Å². The van der Waals surface area contributed by atoms with E-state index in [0.717, 1.165) is 0 Å². The van der Waals surface area contributed by atoms with Crippen molar-refractivity contribution in [3.63, 3.8) is 0 Å². The molecule has 1 amide bonds. The Kier molecular flexibility index (Phi) is 2.04. The van der Waals surface area contributed by atoms with Gasteiger partial charge < -0.3 is 10.8 Å². The van der Waals surface area contributed by atoms with Crippen LogP contribution in [0.15, 0.2) is 12.1 Å². The summed E-state index contributed by atoms with van der Waals surface area (Å²) in [6.45, 7) is 3.49. The summed E-state index contributed by atoms with van der Waals surface area (Å²) in [6.07, 6.45) is 0. The molecule has 0 fully saturated rings. The van der Waals surface area contributed by atoms with Crippen molar-refractivity contribution in [2.75, 3.05) is 0 Å². The lowest BCUT2D eigenvalue weighted by atomic mass is 10.0. The van der Waals surface area contributed by atoms with E-state index < -0.39 is 5.91 Å². The van der Waals surface area contributed by atoms with E-state index in [1.165, 1.54) is 12.1 Å². The second-order valence-corrected chi connectivity index (χ2v) is 2.82. The van der Waals surface area contributed by atoms with Crippen molar-refractivity contribution in [1.29, 1.82) is 0 Å². The molecule has 1 rings (SSSR count). The van der Waals surface area contributed by atoms with Crippen LogP contribution in [0.5, 0.6) is 5.75 Å². The number of phenols is 1. The van der Waals surface area contributed by atoms with Crippen LogP contribution in [-0.2, 0) is 0 Å². The van der Waals surface area contributed by atoms with Gasteiger partial charge in [0.25, 0.3) is 0 Å². The van der Waals surface area contributed by atoms with Crippen LogP contribution < -0.4 is 5.73 Å². The Balaban J connectivity index is 3.38. The van der Waals surface area contributed by atoms with Gasteiger partial charge in [-0.3, -0.25) is 4.79 Å². The maximum Gasteiger partial charge on any atom is 0.249 e. The molecular formula is C9H11NO2. The third-order valence-electron chi connectivity index (χ3n) is 1.76. The molecule has 0 aliphatic heterocycles. The third-order valence-corrected chi connectivity index (χ3v) is 1.76. The first-order valence-corrected chi connectivity index (χ1v) is 3.62. The number of carbonyl (C=O) groups is 1. The first kappa shape index (κ1) is 8.59. The van der Waals surface area contributed by atoms with Gasteiger partial charge in [0.2, 0.25) is 5.91 Å². The number of phenolic OH excluding ortho intramolecular Hbond substituents is 1. The second kappa shape index (κ2) is 2.85. The number of benzene rings is 1. The topological polar surface area (TPSA) is 63.3 Å². The van der Waals surface area contributed by atoms with Crippen molar-refractivity contribution < 1.29 is 9.90 Å². The quantitative estimate of drug-likeness (QED) is 0.654. The van der Waals surface area contributed by atoms with Crippen molar-refractivity contribution in [3.05, 3.63) is 28.8 Å². The molecule has 0 atom stereocenters. The fourth-order valence-corrected chi connectivity index (χ4v) is 1.33. The number of primary amides is 1. The zero-order chi connectivity index (χ0) is 9.30. The molecular weight excluding hydrogens is 154 g/mol. The molecule has 0 radical (unpaired) electrons. The van der Waals surface area contributed by atoms with Gasteiger partial charge in [0.05, 0.1) is 0 Å². The molecule has 0 unspecified atom stereocenters. The van der Waals surface area contributed by atoms with Crippen LogP contribution in [0.25, 0.3) is 0 Å². The van der Waals surface area contributed by atoms with Gasteiger partial charge in [0, 0.05) is 5.56 Å². The van der Waals surface area contributed by atoms with Gasteiger partial charge in [-0.25, -0.2) is 0 Å². The molecule has 0 saturated heterocycles. The van der Waals surface area contributed by atoms with Crippen LogP contribution in [0.1, 0.15) is 21.5 Å². The Morgan fingerprint density at radius 3 is 2.08 bits per heavy atom. The standard InChI is InChI=1S/C9H11NO2/c1-5-3-7(11)4-6(2)8(5)9(10)12/h3-4,11H,1-2H3,(H2,10,12). The minimum atomic E-state index is -0.454. The maximum atomic E-state index is 10.9. The Bertz CT molecular complexity index is 308. The average Bonchev–Trinajstić information content (AvgIpc) is 1.82. The Morgan fingerprint density at radius 1 is 1.33 bits per heavy atom. The van der Waals surface area contributed by atoms with Crippen molar-refractivity contribution >= 4 is 5.91 Å². The lowest BCUT2D eigenvalue weighted by molar-refractivity contribution is 0.0999. The SMILES string of the molecule is Cc1cc(O)cc(C)c1C(N)=O. The Morgan fingerprint density at radius 2 is 1.75 bits per heavy atom. The van der Waals surface area contributed by atoms with Crippen LogP contribution in [-0.4, -0.2) is 11.0 Å². The van der Waals surface area contributed by atoms with Gasteiger partial charge in [-0.2, -0.15) is 0 Å². The molecule has 0 aromatic heterocycles. The largest absolute Gasteiger partial charge is 0.508 e. The number of aryl methyl sites for hydroxylation is 2. The van der Waals surface area contributed by atoms with E-state index in [1.807, 2.05) is 0 Å². The highest BCUT2D eigenvalue weighted by atomic mass is 16.3. The van der Waals surface area contributed by atoms with Crippen molar-refractivity contribution in [3.8, 4) is 5.75 Å². The second-order valence-electron chi connectivity index (χ2n) is 2.82. The number of nitrogens with two attached hydrogens (primary N) is 1. The summed E-state index contributed by atoms with van der Waals surface area (Å²) in [5, 5.41) is 9.15. The van der Waals surface area contributed by atoms with Gasteiger partial charge in [-0.05, 0) is 37.1 Å². The zero-order valence-electron chi connectivity index (χ0n) is 7.09. The molecule has 0 heterocycles. The predicted octanol–water partition coefficient (Wildman–Crippen LogP) is 1.11. The minimum Gasteiger partial charge on any atom is -0.508 e. The van der Waals surface area contributed by atoms with Gasteiger partial charge in [0.1, 0.15) is 5.75 Å². The lowest BCUT2D eigenvalue weighted by Gasteiger charge is -2.05. The molecule has 3 N–H and O–H groups in total. The summed E-state index contributed by atoms with van der Waals surface area (Å²) < 4.78 is 0. The Hall–Kier alpha value is -1.51. The average molecular weight is 165 g/mol. The van der Waals surface area contributed by atoms with E-state index in [-0.39, 0.29) is 5.75 Å². The van der Waals surface area contributed by atoms with Gasteiger partial charge >= 0.3 is 0 Å². The fraction of sp³-hybridized carbons (Fsp3) is 0.222. The molecule has 1 aromatic carbocycles. The lowest BCUT2D eigenvalue weighted by Crippen LogP contribution is -2.14. The van der Waals surface area contributed by atoms with Crippen molar-refractivity contribution in [1.82, 2.24) is 0 Å². The summed E-state index contributed by atoms with van der Waals surface area (Å²) in [7, 11) is 0. The minimum absolute atomic E-state index is 0.162. The van der Waals surface area contributed by atoms with Gasteiger partial charge in [0.15, 0.2) is 0 Å². The molecule has 12 heavy (non-hydrogen) atoms. The smallest absolute Gasteiger partial charge is 0.249 e. The maximum absolute atomic E-state index is 10.9. The summed E-state index contributed by atoms with van der Waals surface area (Å²) in [6, 6.07) is 3.04. The van der Waals surface area contributed by atoms with Crippen molar-refractivity contribution in [2.45, 2.75) is 13.8 Å². The molecule has 64 valence electrons. The molecule has 3 heteroatoms. The molecule has 0 saturated carbocycles. The number of amides is 1. The number of hydrogen-bond donors (Lipinski definition) is 2. The van der Waals surface area contributed by atoms with E-state index in [0.29, 0.717) is 16.7 Å². The number of hydrogen-bond acceptors (Lipinski definition) is 2. The summed E-state index contributed by atoms with van der Waals surface area (Å²) >= 11 is 0. The molecule has 0 aliphatic carbocycles. The highest BCUT2D eigenvalue weighted by Gasteiger charge is 2.08. The highest BCUT2D eigenvalue weighted by Crippen LogP contribution is 2.19. The van der Waals surface area contributed by atoms with E-state index in [4.69, 9.17) is 10.8 Å². The number of carbonyl (C=O) groups excluding carboxylic acids is 1. The summed E-state index contributed by atoms with van der Waals surface area (Å²) in [4.78, 5) is 10.9. The molecule has 0 bridgehead atoms. The van der Waals surface area contributed by atoms with Crippen LogP contribution >= 0.6 is 0 Å². The highest BCUT2D eigenvalue weighted by molar-refractivity contribution is 5.95. The van der Waals surface area contributed by atoms with Crippen LogP contribution in [0.4, 0.5) is 0 Å². The van der Waals surface area contributed by atoms with Crippen LogP contribution in [0.2, 0.25) is 0 Å². The summed E-state index contributed by atoms with van der Waals surface area (Å²) in [5.74, 6) is -0.292. The van der Waals surface area contributed by atoms with E-state index in [9.17, 15) is 4.79 Å². The molecule has 1 aromatic rings. The number of aromatic hydroxyl groups is 1. The third kappa shape index (κ3) is 1.39. The fourth-order valence-electron chi connectivity index (χ4n) is 1.33. The summed E-state index contributed by atoms with van der Waals surface area (Å²) in [5.41, 5.74) is 7.05. The van der Waals surface area contributed by atoms with Crippen LogP contribution in [0.3, 0.4) is 0 Å². The first-order valence-electron chi connectivity index (χ1n) is 3.62. The normalized spacial score (nSPS) is 9.83. The molecule has 3 nitrogen and oxygen atoms in total. The van der Waals surface area contributed by atoms with Crippen LogP contribution in [0, 0.1) is 13.8 Å². The van der Waals surface area contributed by atoms with E-state index in [1.54, 1.807) is 13.8 Å². The van der Waals surface area contributed by atoms with E-state index >= 15 is 0 Å². The Labute approximate surface area is 70.8 Å². The molecule has 0 aliphatic rings. The zero-order valence-corrected chi connectivity index (χ0v) is 7.09. The van der Waals surface area contributed by atoms with Gasteiger partial charge in [-0.15, -0.1) is 0 Å². The first-order chi connectivity index (χ1) is 5.52.